The lowest BCUT2D eigenvalue weighted by Crippen LogP contribution is -2.99. The number of amides is 4. The van der Waals surface area contributed by atoms with Gasteiger partial charge in [-0.2, -0.15) is 0 Å². The zero-order valence-electron chi connectivity index (χ0n) is 15.8. The van der Waals surface area contributed by atoms with Crippen LogP contribution in [-0.4, -0.2) is 40.1 Å². The molecule has 3 aliphatic rings. The first-order chi connectivity index (χ1) is 13.0. The number of imide groups is 1. The highest BCUT2D eigenvalue weighted by Gasteiger charge is 2.75. The van der Waals surface area contributed by atoms with E-state index in [4.69, 9.17) is 17.3 Å². The minimum Gasteiger partial charge on any atom is -0.369 e. The Balaban J connectivity index is 1.92. The summed E-state index contributed by atoms with van der Waals surface area (Å²) in [6.07, 6.45) is -0.108. The lowest BCUT2D eigenvalue weighted by molar-refractivity contribution is -0.732. The van der Waals surface area contributed by atoms with Crippen LogP contribution in [0.15, 0.2) is 18.2 Å². The van der Waals surface area contributed by atoms with Gasteiger partial charge in [0.2, 0.25) is 23.3 Å². The van der Waals surface area contributed by atoms with Crippen molar-refractivity contribution in [3.63, 3.8) is 0 Å². The first kappa shape index (κ1) is 18.9. The van der Waals surface area contributed by atoms with Crippen molar-refractivity contribution in [2.45, 2.75) is 44.3 Å². The number of nitrogens with zero attached hydrogens (tertiary/aromatic N) is 1. The molecule has 28 heavy (non-hydrogen) atoms. The van der Waals surface area contributed by atoms with E-state index in [2.05, 4.69) is 5.32 Å². The van der Waals surface area contributed by atoms with Gasteiger partial charge in [-0.3, -0.25) is 24.1 Å². The van der Waals surface area contributed by atoms with Crippen LogP contribution in [0.4, 0.5) is 5.69 Å². The highest BCUT2D eigenvalue weighted by Crippen LogP contribution is 2.50. The molecule has 0 unspecified atom stereocenters. The van der Waals surface area contributed by atoms with Crippen LogP contribution in [0.5, 0.6) is 0 Å². The minimum atomic E-state index is -1.35. The van der Waals surface area contributed by atoms with Gasteiger partial charge in [-0.1, -0.05) is 11.6 Å². The molecule has 0 bridgehead atoms. The van der Waals surface area contributed by atoms with Gasteiger partial charge in [-0.25, -0.2) is 0 Å². The fourth-order valence-corrected chi connectivity index (χ4v) is 5.19. The van der Waals surface area contributed by atoms with Gasteiger partial charge in [0.25, 0.3) is 5.91 Å². The number of hydrogen-bond donors (Lipinski definition) is 3. The molecule has 4 amide bonds. The maximum absolute atomic E-state index is 13.4. The molecule has 0 aliphatic carbocycles. The first-order valence-electron chi connectivity index (χ1n) is 9.12. The van der Waals surface area contributed by atoms with Gasteiger partial charge in [0.05, 0.1) is 12.1 Å². The number of nitrogens with one attached hydrogen (secondary N) is 1. The molecule has 4 rings (SSSR count). The molecule has 0 aromatic heterocycles. The smallest absolute Gasteiger partial charge is 0.291 e. The van der Waals surface area contributed by atoms with Gasteiger partial charge in [0.15, 0.2) is 0 Å². The van der Waals surface area contributed by atoms with Gasteiger partial charge in [-0.05, 0) is 39.0 Å². The topological polar surface area (TPSA) is 126 Å². The Kier molecular flexibility index (Phi) is 3.90. The standard InChI is InChI=1S/C19H21ClN4O4/c1-18(2,3)24-15(26)13-11(7-12(21)25)23-19(14(13)16(24)27)9-6-8(20)4-5-10(9)22-17(19)28/h4-6,11,13-14,23H,7H2,1-3H3,(H2,21,25)(H,22,28)/p+1/t11-,13-,14+,19+/m1/s1. The summed E-state index contributed by atoms with van der Waals surface area (Å²) in [6.45, 7) is 5.30. The monoisotopic (exact) mass is 405 g/mol. The fraction of sp³-hybridized carbons (Fsp3) is 0.474. The molecule has 8 nitrogen and oxygen atoms in total. The van der Waals surface area contributed by atoms with Crippen molar-refractivity contribution in [3.8, 4) is 0 Å². The van der Waals surface area contributed by atoms with E-state index in [0.717, 1.165) is 0 Å². The van der Waals surface area contributed by atoms with Crippen LogP contribution in [0.1, 0.15) is 32.8 Å². The molecule has 9 heteroatoms. The summed E-state index contributed by atoms with van der Waals surface area (Å²) in [5.74, 6) is -3.49. The largest absolute Gasteiger partial charge is 0.369 e. The summed E-state index contributed by atoms with van der Waals surface area (Å²) in [6, 6.07) is 4.36. The Morgan fingerprint density at radius 1 is 1.29 bits per heavy atom. The van der Waals surface area contributed by atoms with Crippen LogP contribution in [-0.2, 0) is 24.7 Å². The van der Waals surface area contributed by atoms with Crippen LogP contribution in [0.25, 0.3) is 0 Å². The maximum Gasteiger partial charge on any atom is 0.291 e. The molecule has 1 spiro atoms. The van der Waals surface area contributed by atoms with E-state index in [0.29, 0.717) is 16.3 Å². The Hall–Kier alpha value is -2.45. The normalized spacial score (nSPS) is 31.4. The summed E-state index contributed by atoms with van der Waals surface area (Å²) < 4.78 is 0. The number of carbonyl (C=O) groups is 4. The zero-order chi connectivity index (χ0) is 20.6. The SMILES string of the molecule is CC(C)(C)N1C(=O)[C@H]2[C@@H](C1=O)[C@]1([NH2+][C@@H]2CC(N)=O)C(=O)Nc2ccc(Cl)cc21. The van der Waals surface area contributed by atoms with Crippen molar-refractivity contribution >= 4 is 40.9 Å². The molecule has 3 aliphatic heterocycles. The van der Waals surface area contributed by atoms with Crippen molar-refractivity contribution in [2.75, 3.05) is 5.32 Å². The summed E-state index contributed by atoms with van der Waals surface area (Å²) in [7, 11) is 0. The van der Waals surface area contributed by atoms with E-state index in [-0.39, 0.29) is 18.2 Å². The molecule has 1 aromatic carbocycles. The van der Waals surface area contributed by atoms with Crippen LogP contribution in [0.2, 0.25) is 5.02 Å². The number of hydrogen-bond acceptors (Lipinski definition) is 4. The second-order valence-electron chi connectivity index (χ2n) is 8.70. The summed E-state index contributed by atoms with van der Waals surface area (Å²) >= 11 is 6.17. The lowest BCUT2D eigenvalue weighted by atomic mass is 9.76. The Labute approximate surface area is 166 Å². The molecule has 2 fully saturated rings. The Bertz CT molecular complexity index is 940. The maximum atomic E-state index is 13.4. The second-order valence-corrected chi connectivity index (χ2v) is 9.14. The van der Waals surface area contributed by atoms with Crippen LogP contribution >= 0.6 is 11.6 Å². The number of rotatable bonds is 2. The molecule has 5 N–H and O–H groups in total. The molecular weight excluding hydrogens is 384 g/mol. The number of halogens is 1. The van der Waals surface area contributed by atoms with Gasteiger partial charge < -0.3 is 16.4 Å². The third-order valence-corrected chi connectivity index (χ3v) is 6.17. The van der Waals surface area contributed by atoms with E-state index < -0.39 is 40.8 Å². The third kappa shape index (κ3) is 2.34. The van der Waals surface area contributed by atoms with Crippen LogP contribution in [0, 0.1) is 11.8 Å². The number of likely N-dealkylation sites (tertiary alicyclic amines) is 1. The second kappa shape index (κ2) is 5.78. The first-order valence-corrected chi connectivity index (χ1v) is 9.50. The van der Waals surface area contributed by atoms with Crippen LogP contribution in [0.3, 0.4) is 0 Å². The number of benzene rings is 1. The molecule has 148 valence electrons. The van der Waals surface area contributed by atoms with Gasteiger partial charge in [-0.15, -0.1) is 0 Å². The average molecular weight is 406 g/mol. The number of carbonyl (C=O) groups excluding carboxylic acids is 4. The Morgan fingerprint density at radius 3 is 2.57 bits per heavy atom. The third-order valence-electron chi connectivity index (χ3n) is 5.94. The number of fused-ring (bicyclic) bond motifs is 4. The molecule has 2 saturated heterocycles. The number of nitrogens with two attached hydrogens (primary N) is 2. The average Bonchev–Trinajstić information content (AvgIpc) is 3.12. The van der Waals surface area contributed by atoms with Crippen molar-refractivity contribution in [1.29, 1.82) is 0 Å². The highest BCUT2D eigenvalue weighted by atomic mass is 35.5. The summed E-state index contributed by atoms with van der Waals surface area (Å²) in [5.41, 5.74) is 4.42. The summed E-state index contributed by atoms with van der Waals surface area (Å²) in [5, 5.41) is 4.89. The quantitative estimate of drug-likeness (QED) is 0.584. The van der Waals surface area contributed by atoms with E-state index in [9.17, 15) is 19.2 Å². The van der Waals surface area contributed by atoms with Crippen LogP contribution < -0.4 is 16.4 Å². The number of anilines is 1. The van der Waals surface area contributed by atoms with Gasteiger partial charge in [0, 0.05) is 16.1 Å². The number of primary amides is 1. The predicted octanol–water partition coefficient (Wildman–Crippen LogP) is -0.292. The Morgan fingerprint density at radius 2 is 1.96 bits per heavy atom. The predicted molar refractivity (Wildman–Crippen MR) is 99.9 cm³/mol. The van der Waals surface area contributed by atoms with Gasteiger partial charge >= 0.3 is 0 Å². The molecule has 0 radical (unpaired) electrons. The zero-order valence-corrected chi connectivity index (χ0v) is 16.5. The minimum absolute atomic E-state index is 0.108. The number of quaternary nitrogens is 1. The van der Waals surface area contributed by atoms with Gasteiger partial charge in [0.1, 0.15) is 17.9 Å². The molecular formula is C19H22ClN4O4+. The van der Waals surface area contributed by atoms with Crippen molar-refractivity contribution < 1.29 is 24.5 Å². The van der Waals surface area contributed by atoms with Crippen molar-refractivity contribution in [1.82, 2.24) is 4.90 Å². The molecule has 0 saturated carbocycles. The van der Waals surface area contributed by atoms with E-state index >= 15 is 0 Å². The molecule has 3 heterocycles. The van der Waals surface area contributed by atoms with E-state index in [1.807, 2.05) is 0 Å². The van der Waals surface area contributed by atoms with E-state index in [1.165, 1.54) is 4.90 Å². The van der Waals surface area contributed by atoms with Crippen molar-refractivity contribution in [2.24, 2.45) is 17.6 Å². The highest BCUT2D eigenvalue weighted by molar-refractivity contribution is 6.31. The van der Waals surface area contributed by atoms with Crippen molar-refractivity contribution in [3.05, 3.63) is 28.8 Å². The summed E-state index contributed by atoms with van der Waals surface area (Å²) in [4.78, 5) is 52.7. The lowest BCUT2D eigenvalue weighted by Gasteiger charge is -2.33. The molecule has 4 atom stereocenters. The fourth-order valence-electron chi connectivity index (χ4n) is 5.02. The van der Waals surface area contributed by atoms with E-state index in [1.54, 1.807) is 44.3 Å². The molecule has 1 aromatic rings.